The highest BCUT2D eigenvalue weighted by atomic mass is 79.9. The molecule has 0 unspecified atom stereocenters. The number of aromatic hydroxyl groups is 1. The molecular weight excluding hydrogens is 423 g/mol. The highest BCUT2D eigenvalue weighted by Crippen LogP contribution is 2.29. The van der Waals surface area contributed by atoms with Crippen molar-refractivity contribution in [3.8, 4) is 5.75 Å². The van der Waals surface area contributed by atoms with Crippen LogP contribution in [-0.4, -0.2) is 16.8 Å². The summed E-state index contributed by atoms with van der Waals surface area (Å²) in [5, 5.41) is 9.56. The van der Waals surface area contributed by atoms with Crippen LogP contribution in [-0.2, 0) is 4.79 Å². The second-order valence-corrected chi connectivity index (χ2v) is 7.10. The smallest absolute Gasteiger partial charge is 0.282 e. The van der Waals surface area contributed by atoms with E-state index in [4.69, 9.17) is 0 Å². The number of rotatable bonds is 3. The van der Waals surface area contributed by atoms with Gasteiger partial charge in [-0.05, 0) is 72.3 Å². The van der Waals surface area contributed by atoms with E-state index in [0.29, 0.717) is 17.1 Å². The molecule has 0 radical (unpaired) electrons. The van der Waals surface area contributed by atoms with E-state index in [-0.39, 0.29) is 23.2 Å². The summed E-state index contributed by atoms with van der Waals surface area (Å²) in [7, 11) is 0. The second-order valence-electron chi connectivity index (χ2n) is 6.18. The van der Waals surface area contributed by atoms with E-state index in [0.717, 1.165) is 10.0 Å². The molecule has 4 rings (SSSR count). The van der Waals surface area contributed by atoms with Crippen molar-refractivity contribution in [3.05, 3.63) is 99.9 Å². The fraction of sp³-hybridized carbons (Fsp3) is 0. The van der Waals surface area contributed by atoms with E-state index >= 15 is 0 Å². The molecule has 0 fully saturated rings. The van der Waals surface area contributed by atoms with Crippen molar-refractivity contribution in [2.24, 2.45) is 4.99 Å². The Morgan fingerprint density at radius 3 is 2.21 bits per heavy atom. The zero-order chi connectivity index (χ0) is 19.7. The molecule has 1 aliphatic heterocycles. The maximum Gasteiger partial charge on any atom is 0.282 e. The van der Waals surface area contributed by atoms with Gasteiger partial charge in [-0.25, -0.2) is 9.38 Å². The van der Waals surface area contributed by atoms with Gasteiger partial charge in [0.05, 0.1) is 5.69 Å². The molecule has 3 aromatic rings. The zero-order valence-corrected chi connectivity index (χ0v) is 16.1. The number of hydrogen-bond acceptors (Lipinski definition) is 3. The molecule has 3 aromatic carbocycles. The first-order valence-electron chi connectivity index (χ1n) is 8.47. The third kappa shape index (κ3) is 3.59. The number of carbonyl (C=O) groups is 1. The number of anilines is 1. The number of phenolic OH excluding ortho intramolecular Hbond substituents is 1. The van der Waals surface area contributed by atoms with E-state index < -0.39 is 0 Å². The first-order valence-corrected chi connectivity index (χ1v) is 9.26. The number of benzene rings is 3. The van der Waals surface area contributed by atoms with Crippen LogP contribution in [0.5, 0.6) is 5.75 Å². The summed E-state index contributed by atoms with van der Waals surface area (Å²) in [6.07, 6.45) is 1.71. The minimum atomic E-state index is -0.365. The molecule has 0 saturated heterocycles. The summed E-state index contributed by atoms with van der Waals surface area (Å²) >= 11 is 3.39. The summed E-state index contributed by atoms with van der Waals surface area (Å²) in [6.45, 7) is 0. The van der Waals surface area contributed by atoms with Crippen LogP contribution in [0.1, 0.15) is 11.1 Å². The molecule has 138 valence electrons. The van der Waals surface area contributed by atoms with Crippen molar-refractivity contribution in [2.45, 2.75) is 0 Å². The van der Waals surface area contributed by atoms with Crippen LogP contribution in [0.3, 0.4) is 0 Å². The summed E-state index contributed by atoms with van der Waals surface area (Å²) < 4.78 is 14.3. The fourth-order valence-electron chi connectivity index (χ4n) is 2.87. The highest BCUT2D eigenvalue weighted by molar-refractivity contribution is 9.10. The quantitative estimate of drug-likeness (QED) is 0.578. The zero-order valence-electron chi connectivity index (χ0n) is 14.5. The van der Waals surface area contributed by atoms with Gasteiger partial charge in [-0.15, -0.1) is 0 Å². The lowest BCUT2D eigenvalue weighted by atomic mass is 10.1. The van der Waals surface area contributed by atoms with Gasteiger partial charge in [0.25, 0.3) is 5.91 Å². The molecule has 28 heavy (non-hydrogen) atoms. The van der Waals surface area contributed by atoms with Gasteiger partial charge in [0, 0.05) is 10.0 Å². The molecule has 0 bridgehead atoms. The number of halogens is 2. The van der Waals surface area contributed by atoms with Crippen molar-refractivity contribution < 1.29 is 14.3 Å². The molecule has 1 aliphatic rings. The number of hydrogen-bond donors (Lipinski definition) is 1. The Bertz CT molecular complexity index is 1090. The van der Waals surface area contributed by atoms with Crippen LogP contribution in [0, 0.1) is 5.82 Å². The molecule has 1 N–H and O–H groups in total. The van der Waals surface area contributed by atoms with E-state index in [1.807, 2.05) is 24.3 Å². The van der Waals surface area contributed by atoms with Crippen LogP contribution in [0.2, 0.25) is 0 Å². The van der Waals surface area contributed by atoms with E-state index in [1.165, 1.54) is 29.2 Å². The predicted octanol–water partition coefficient (Wildman–Crippen LogP) is 5.13. The van der Waals surface area contributed by atoms with Crippen LogP contribution in [0.25, 0.3) is 6.08 Å². The first kappa shape index (κ1) is 18.1. The Morgan fingerprint density at radius 2 is 1.57 bits per heavy atom. The number of amides is 1. The molecule has 4 nitrogen and oxygen atoms in total. The Morgan fingerprint density at radius 1 is 0.929 bits per heavy atom. The third-order valence-electron chi connectivity index (χ3n) is 4.24. The average molecular weight is 437 g/mol. The molecule has 0 atom stereocenters. The van der Waals surface area contributed by atoms with Crippen LogP contribution in [0.15, 0.2) is 88.0 Å². The minimum Gasteiger partial charge on any atom is -0.508 e. The largest absolute Gasteiger partial charge is 0.508 e. The number of phenols is 1. The SMILES string of the molecule is O=C1C(=Cc2ccc(Br)cc2)N=C(c2ccc(F)cc2)N1c1ccc(O)cc1. The Kier molecular flexibility index (Phi) is 4.79. The monoisotopic (exact) mass is 436 g/mol. The number of aliphatic imine (C=N–C) groups is 1. The lowest BCUT2D eigenvalue weighted by Crippen LogP contribution is -2.32. The predicted molar refractivity (Wildman–Crippen MR) is 111 cm³/mol. The standard InChI is InChI=1S/C22H14BrFN2O2/c23-16-5-1-14(2-6-16)13-20-22(28)26(18-9-11-19(27)12-10-18)21(25-20)15-3-7-17(24)8-4-15/h1-13,27H. The first-order chi connectivity index (χ1) is 13.5. The van der Waals surface area contributed by atoms with Crippen LogP contribution < -0.4 is 4.90 Å². The fourth-order valence-corrected chi connectivity index (χ4v) is 3.13. The molecule has 1 amide bonds. The Hall–Kier alpha value is -3.25. The van der Waals surface area contributed by atoms with Gasteiger partial charge < -0.3 is 5.11 Å². The Labute approximate surface area is 169 Å². The molecule has 0 saturated carbocycles. The van der Waals surface area contributed by atoms with Gasteiger partial charge in [-0.3, -0.25) is 9.69 Å². The molecule has 6 heteroatoms. The molecule has 1 heterocycles. The van der Waals surface area contributed by atoms with Gasteiger partial charge in [0.2, 0.25) is 0 Å². The van der Waals surface area contributed by atoms with Crippen molar-refractivity contribution in [1.82, 2.24) is 0 Å². The molecule has 0 aromatic heterocycles. The maximum atomic E-state index is 13.3. The molecule has 0 spiro atoms. The second kappa shape index (κ2) is 7.40. The van der Waals surface area contributed by atoms with Gasteiger partial charge in [0.1, 0.15) is 23.1 Å². The van der Waals surface area contributed by atoms with E-state index in [1.54, 1.807) is 30.3 Å². The van der Waals surface area contributed by atoms with E-state index in [9.17, 15) is 14.3 Å². The maximum absolute atomic E-state index is 13.3. The normalized spacial score (nSPS) is 15.2. The van der Waals surface area contributed by atoms with Gasteiger partial charge >= 0.3 is 0 Å². The lowest BCUT2D eigenvalue weighted by Gasteiger charge is -2.18. The summed E-state index contributed by atoms with van der Waals surface area (Å²) in [6, 6.07) is 19.6. The topological polar surface area (TPSA) is 52.9 Å². The highest BCUT2D eigenvalue weighted by Gasteiger charge is 2.32. The number of carbonyl (C=O) groups excluding carboxylic acids is 1. The number of nitrogens with zero attached hydrogens (tertiary/aromatic N) is 2. The summed E-state index contributed by atoms with van der Waals surface area (Å²) in [5.74, 6) is -0.163. The minimum absolute atomic E-state index is 0.0984. The van der Waals surface area contributed by atoms with Gasteiger partial charge in [-0.1, -0.05) is 28.1 Å². The summed E-state index contributed by atoms with van der Waals surface area (Å²) in [4.78, 5) is 19.1. The van der Waals surface area contributed by atoms with Crippen molar-refractivity contribution in [2.75, 3.05) is 4.90 Å². The Balaban J connectivity index is 1.81. The molecule has 0 aliphatic carbocycles. The van der Waals surface area contributed by atoms with Crippen LogP contribution in [0.4, 0.5) is 10.1 Å². The lowest BCUT2D eigenvalue weighted by molar-refractivity contribution is -0.113. The van der Waals surface area contributed by atoms with E-state index in [2.05, 4.69) is 20.9 Å². The molecular formula is C22H14BrFN2O2. The van der Waals surface area contributed by atoms with Gasteiger partial charge in [0.15, 0.2) is 0 Å². The third-order valence-corrected chi connectivity index (χ3v) is 4.77. The summed E-state index contributed by atoms with van der Waals surface area (Å²) in [5.41, 5.74) is 2.28. The van der Waals surface area contributed by atoms with Crippen molar-refractivity contribution in [3.63, 3.8) is 0 Å². The van der Waals surface area contributed by atoms with Crippen molar-refractivity contribution in [1.29, 1.82) is 0 Å². The number of amidine groups is 1. The average Bonchev–Trinajstić information content (AvgIpc) is 3.01. The van der Waals surface area contributed by atoms with Gasteiger partial charge in [-0.2, -0.15) is 0 Å². The van der Waals surface area contributed by atoms with Crippen LogP contribution >= 0.6 is 15.9 Å². The van der Waals surface area contributed by atoms with Crippen molar-refractivity contribution >= 4 is 39.4 Å².